The number of carbonyl (C=O) groups excluding carboxylic acids is 1. The molecule has 0 saturated carbocycles. The Balaban J connectivity index is 1.23. The number of ether oxygens (including phenoxy) is 1. The summed E-state index contributed by atoms with van der Waals surface area (Å²) in [6.45, 7) is 2.69. The molecule has 12 heteroatoms. The number of amides is 1. The zero-order valence-corrected chi connectivity index (χ0v) is 21.5. The van der Waals surface area contributed by atoms with E-state index in [-0.39, 0.29) is 40.5 Å². The number of nitrogens with zero attached hydrogens (tertiary/aromatic N) is 3. The van der Waals surface area contributed by atoms with Crippen LogP contribution in [-0.2, 0) is 26.0 Å². The van der Waals surface area contributed by atoms with Gasteiger partial charge in [0.05, 0.1) is 29.4 Å². The van der Waals surface area contributed by atoms with Gasteiger partial charge in [0.1, 0.15) is 5.02 Å². The van der Waals surface area contributed by atoms with Gasteiger partial charge in [0, 0.05) is 38.3 Å². The summed E-state index contributed by atoms with van der Waals surface area (Å²) in [4.78, 5) is 24.7. The minimum absolute atomic E-state index is 0.0632. The first-order chi connectivity index (χ1) is 17.3. The van der Waals surface area contributed by atoms with E-state index in [2.05, 4.69) is 15.7 Å². The van der Waals surface area contributed by atoms with Gasteiger partial charge in [-0.15, -0.1) is 0 Å². The molecule has 0 unspecified atom stereocenters. The molecule has 1 amide bonds. The summed E-state index contributed by atoms with van der Waals surface area (Å²) in [5.74, 6) is 0.309. The first-order valence-corrected chi connectivity index (χ1v) is 14.2. The van der Waals surface area contributed by atoms with Gasteiger partial charge in [-0.05, 0) is 61.8 Å². The van der Waals surface area contributed by atoms with Crippen LogP contribution in [0.15, 0.2) is 34.1 Å². The summed E-state index contributed by atoms with van der Waals surface area (Å²) in [5.41, 5.74) is 1.61. The number of aromatic nitrogens is 2. The third-order valence-corrected chi connectivity index (χ3v) is 9.42. The minimum atomic E-state index is -3.69. The highest BCUT2D eigenvalue weighted by atomic mass is 35.5. The van der Waals surface area contributed by atoms with Crippen molar-refractivity contribution in [1.29, 1.82) is 0 Å². The second-order valence-corrected chi connectivity index (χ2v) is 11.9. The van der Waals surface area contributed by atoms with E-state index in [4.69, 9.17) is 16.3 Å². The molecule has 194 valence electrons. The topological polar surface area (TPSA) is 123 Å². The van der Waals surface area contributed by atoms with Crippen LogP contribution in [-0.4, -0.2) is 61.3 Å². The summed E-state index contributed by atoms with van der Waals surface area (Å²) in [7, 11) is -3.69. The highest BCUT2D eigenvalue weighted by Crippen LogP contribution is 2.30. The smallest absolute Gasteiger partial charge is 0.287 e. The Kier molecular flexibility index (Phi) is 7.34. The third kappa shape index (κ3) is 5.15. The maximum Gasteiger partial charge on any atom is 0.287 e. The fourth-order valence-electron chi connectivity index (χ4n) is 5.05. The standard InChI is InChI=1S/C24H30ClN5O5S/c25-23-21(26-13-16-2-1-11-35-15-16)14-27-30(24(23)32)18-7-9-29(10-8-18)36(33,34)19-4-5-20-17(12-19)3-6-22(31)28-20/h4-5,12,14,16,18,26H,1-3,6-11,13,15H2,(H,28,31)/t16-/m1/s1. The average Bonchev–Trinajstić information content (AvgIpc) is 2.90. The van der Waals surface area contributed by atoms with Gasteiger partial charge in [0.15, 0.2) is 0 Å². The van der Waals surface area contributed by atoms with E-state index in [1.54, 1.807) is 18.3 Å². The van der Waals surface area contributed by atoms with Crippen LogP contribution in [0, 0.1) is 5.92 Å². The van der Waals surface area contributed by atoms with Crippen LogP contribution in [0.3, 0.4) is 0 Å². The van der Waals surface area contributed by atoms with E-state index in [1.165, 1.54) is 15.1 Å². The van der Waals surface area contributed by atoms with Gasteiger partial charge in [0.2, 0.25) is 15.9 Å². The van der Waals surface area contributed by atoms with Gasteiger partial charge in [0.25, 0.3) is 5.56 Å². The van der Waals surface area contributed by atoms with E-state index in [1.807, 2.05) is 0 Å². The molecule has 2 fully saturated rings. The van der Waals surface area contributed by atoms with Crippen LogP contribution in [0.5, 0.6) is 0 Å². The fraction of sp³-hybridized carbons (Fsp3) is 0.542. The monoisotopic (exact) mass is 535 g/mol. The van der Waals surface area contributed by atoms with Gasteiger partial charge in [-0.25, -0.2) is 13.1 Å². The number of fused-ring (bicyclic) bond motifs is 1. The van der Waals surface area contributed by atoms with E-state index in [9.17, 15) is 18.0 Å². The maximum atomic E-state index is 13.3. The number of carbonyl (C=O) groups is 1. The Labute approximate surface area is 215 Å². The number of piperidine rings is 1. The zero-order chi connectivity index (χ0) is 25.3. The van der Waals surface area contributed by atoms with Crippen molar-refractivity contribution in [3.63, 3.8) is 0 Å². The van der Waals surface area contributed by atoms with Gasteiger partial charge < -0.3 is 15.4 Å². The fourth-order valence-corrected chi connectivity index (χ4v) is 6.77. The quantitative estimate of drug-likeness (QED) is 0.583. The molecule has 10 nitrogen and oxygen atoms in total. The van der Waals surface area contributed by atoms with Gasteiger partial charge in [-0.2, -0.15) is 9.40 Å². The Bertz CT molecular complexity index is 1300. The number of rotatable bonds is 6. The molecule has 0 bridgehead atoms. The molecule has 1 aromatic carbocycles. The molecule has 3 aliphatic heterocycles. The first-order valence-electron chi connectivity index (χ1n) is 12.3. The van der Waals surface area contributed by atoms with Crippen LogP contribution in [0.1, 0.15) is 43.7 Å². The molecule has 0 radical (unpaired) electrons. The van der Waals surface area contributed by atoms with Crippen LogP contribution < -0.4 is 16.2 Å². The molecule has 5 rings (SSSR count). The molecule has 1 atom stereocenters. The van der Waals surface area contributed by atoms with Crippen molar-refractivity contribution in [3.8, 4) is 0 Å². The Morgan fingerprint density at radius 1 is 1.17 bits per heavy atom. The molecule has 3 aliphatic rings. The molecule has 36 heavy (non-hydrogen) atoms. The molecule has 2 aromatic rings. The number of anilines is 2. The Hall–Kier alpha value is -2.47. The lowest BCUT2D eigenvalue weighted by Crippen LogP contribution is -2.41. The number of sulfonamides is 1. The minimum Gasteiger partial charge on any atom is -0.382 e. The van der Waals surface area contributed by atoms with Gasteiger partial charge in [-0.1, -0.05) is 11.6 Å². The zero-order valence-electron chi connectivity index (χ0n) is 19.9. The van der Waals surface area contributed by atoms with Crippen molar-refractivity contribution < 1.29 is 17.9 Å². The molecule has 2 N–H and O–H groups in total. The molecule has 1 aromatic heterocycles. The lowest BCUT2D eigenvalue weighted by atomic mass is 10.0. The van der Waals surface area contributed by atoms with E-state index in [0.717, 1.165) is 25.0 Å². The highest BCUT2D eigenvalue weighted by molar-refractivity contribution is 7.89. The number of nitrogens with one attached hydrogen (secondary N) is 2. The SMILES string of the molecule is O=C1CCc2cc(S(=O)(=O)N3CCC(n4ncc(NC[C@H]5CCCOC5)c(Cl)c4=O)CC3)ccc2N1. The van der Waals surface area contributed by atoms with Gasteiger partial charge >= 0.3 is 0 Å². The number of hydrogen-bond donors (Lipinski definition) is 2. The summed E-state index contributed by atoms with van der Waals surface area (Å²) < 4.78 is 34.8. The number of aryl methyl sites for hydroxylation is 1. The average molecular weight is 536 g/mol. The van der Waals surface area contributed by atoms with Gasteiger partial charge in [-0.3, -0.25) is 9.59 Å². The van der Waals surface area contributed by atoms with Crippen LogP contribution in [0.4, 0.5) is 11.4 Å². The summed E-state index contributed by atoms with van der Waals surface area (Å²) >= 11 is 6.38. The predicted molar refractivity (Wildman–Crippen MR) is 136 cm³/mol. The molecule has 2 saturated heterocycles. The van der Waals surface area contributed by atoms with E-state index >= 15 is 0 Å². The van der Waals surface area contributed by atoms with Crippen molar-refractivity contribution >= 4 is 38.9 Å². The predicted octanol–water partition coefficient (Wildman–Crippen LogP) is 2.65. The van der Waals surface area contributed by atoms with Crippen molar-refractivity contribution in [2.75, 3.05) is 43.5 Å². The summed E-state index contributed by atoms with van der Waals surface area (Å²) in [6, 6.07) is 4.59. The second kappa shape index (κ2) is 10.5. The summed E-state index contributed by atoms with van der Waals surface area (Å²) in [6.07, 6.45) is 5.43. The lowest BCUT2D eigenvalue weighted by molar-refractivity contribution is -0.116. The van der Waals surface area contributed by atoms with Crippen molar-refractivity contribution in [3.05, 3.63) is 45.3 Å². The largest absolute Gasteiger partial charge is 0.382 e. The Morgan fingerprint density at radius 3 is 2.72 bits per heavy atom. The van der Waals surface area contributed by atoms with E-state index < -0.39 is 10.0 Å². The first kappa shape index (κ1) is 25.2. The molecule has 0 spiro atoms. The maximum absolute atomic E-state index is 13.3. The number of halogens is 1. The van der Waals surface area contributed by atoms with Crippen molar-refractivity contribution in [2.24, 2.45) is 5.92 Å². The third-order valence-electron chi connectivity index (χ3n) is 7.16. The molecule has 4 heterocycles. The Morgan fingerprint density at radius 2 is 1.97 bits per heavy atom. The van der Waals surface area contributed by atoms with Crippen molar-refractivity contribution in [1.82, 2.24) is 14.1 Å². The number of hydrogen-bond acceptors (Lipinski definition) is 7. The number of benzene rings is 1. The lowest BCUT2D eigenvalue weighted by Gasteiger charge is -2.32. The summed E-state index contributed by atoms with van der Waals surface area (Å²) in [5, 5.41) is 10.4. The van der Waals surface area contributed by atoms with Crippen LogP contribution in [0.2, 0.25) is 5.02 Å². The normalized spacial score (nSPS) is 21.6. The van der Waals surface area contributed by atoms with Crippen LogP contribution in [0.25, 0.3) is 0 Å². The molecular formula is C24H30ClN5O5S. The van der Waals surface area contributed by atoms with E-state index in [0.29, 0.717) is 56.1 Å². The molecule has 0 aliphatic carbocycles. The molecular weight excluding hydrogens is 506 g/mol. The van der Waals surface area contributed by atoms with Crippen molar-refractivity contribution in [2.45, 2.75) is 49.5 Å². The van der Waals surface area contributed by atoms with Crippen LogP contribution >= 0.6 is 11.6 Å². The highest BCUT2D eigenvalue weighted by Gasteiger charge is 2.32. The second-order valence-electron chi connectivity index (χ2n) is 9.59.